The van der Waals surface area contributed by atoms with E-state index in [2.05, 4.69) is 4.72 Å². The van der Waals surface area contributed by atoms with E-state index in [0.717, 1.165) is 24.8 Å². The van der Waals surface area contributed by atoms with Crippen LogP contribution in [-0.4, -0.2) is 26.3 Å². The van der Waals surface area contributed by atoms with E-state index in [1.54, 1.807) is 0 Å². The van der Waals surface area contributed by atoms with Gasteiger partial charge in [0.1, 0.15) is 0 Å². The second-order valence-corrected chi connectivity index (χ2v) is 7.48. The SMILES string of the molecule is CC(CS(=O)(=O)NCC1(N)CCC1)c1ccccc1. The van der Waals surface area contributed by atoms with Gasteiger partial charge in [0.25, 0.3) is 0 Å². The Labute approximate surface area is 115 Å². The third kappa shape index (κ3) is 4.03. The van der Waals surface area contributed by atoms with Crippen LogP contribution in [0.15, 0.2) is 30.3 Å². The van der Waals surface area contributed by atoms with Crippen LogP contribution < -0.4 is 10.5 Å². The van der Waals surface area contributed by atoms with Gasteiger partial charge in [0.15, 0.2) is 0 Å². The van der Waals surface area contributed by atoms with E-state index in [0.29, 0.717) is 6.54 Å². The van der Waals surface area contributed by atoms with Gasteiger partial charge >= 0.3 is 0 Å². The summed E-state index contributed by atoms with van der Waals surface area (Å²) in [6, 6.07) is 9.69. The first-order valence-electron chi connectivity index (χ1n) is 6.71. The zero-order chi connectivity index (χ0) is 13.9. The number of benzene rings is 1. The Kier molecular flexibility index (Phi) is 4.28. The lowest BCUT2D eigenvalue weighted by Gasteiger charge is -2.38. The summed E-state index contributed by atoms with van der Waals surface area (Å²) in [4.78, 5) is 0. The van der Waals surface area contributed by atoms with Crippen molar-refractivity contribution in [3.63, 3.8) is 0 Å². The molecule has 0 aliphatic heterocycles. The van der Waals surface area contributed by atoms with Gasteiger partial charge in [0.05, 0.1) is 5.75 Å². The molecule has 1 aliphatic rings. The van der Waals surface area contributed by atoms with E-state index in [1.807, 2.05) is 37.3 Å². The molecule has 1 aromatic carbocycles. The van der Waals surface area contributed by atoms with Gasteiger partial charge in [0, 0.05) is 12.1 Å². The third-order valence-corrected chi connectivity index (χ3v) is 5.35. The second-order valence-electron chi connectivity index (χ2n) is 5.63. The van der Waals surface area contributed by atoms with Gasteiger partial charge in [-0.15, -0.1) is 0 Å². The van der Waals surface area contributed by atoms with E-state index in [9.17, 15) is 8.42 Å². The molecule has 3 N–H and O–H groups in total. The highest BCUT2D eigenvalue weighted by Crippen LogP contribution is 2.28. The van der Waals surface area contributed by atoms with Gasteiger partial charge < -0.3 is 5.73 Å². The molecule has 0 heterocycles. The van der Waals surface area contributed by atoms with Crippen LogP contribution in [0, 0.1) is 0 Å². The Balaban J connectivity index is 1.90. The topological polar surface area (TPSA) is 72.2 Å². The van der Waals surface area contributed by atoms with E-state index >= 15 is 0 Å². The van der Waals surface area contributed by atoms with E-state index in [-0.39, 0.29) is 17.2 Å². The largest absolute Gasteiger partial charge is 0.324 e. The molecule has 1 saturated carbocycles. The van der Waals surface area contributed by atoms with Crippen molar-refractivity contribution in [2.45, 2.75) is 37.6 Å². The Morgan fingerprint density at radius 2 is 1.95 bits per heavy atom. The molecule has 2 rings (SSSR count). The number of hydrogen-bond acceptors (Lipinski definition) is 3. The average molecular weight is 282 g/mol. The highest BCUT2D eigenvalue weighted by molar-refractivity contribution is 7.89. The monoisotopic (exact) mass is 282 g/mol. The maximum atomic E-state index is 12.0. The van der Waals surface area contributed by atoms with Gasteiger partial charge in [-0.05, 0) is 30.7 Å². The summed E-state index contributed by atoms with van der Waals surface area (Å²) >= 11 is 0. The molecule has 1 unspecified atom stereocenters. The van der Waals surface area contributed by atoms with Gasteiger partial charge in [0.2, 0.25) is 10.0 Å². The molecule has 1 aliphatic carbocycles. The summed E-state index contributed by atoms with van der Waals surface area (Å²) in [6.07, 6.45) is 2.91. The van der Waals surface area contributed by atoms with Crippen LogP contribution in [0.1, 0.15) is 37.7 Å². The second kappa shape index (κ2) is 5.61. The summed E-state index contributed by atoms with van der Waals surface area (Å²) in [5.41, 5.74) is 6.75. The molecule has 1 aromatic rings. The fraction of sp³-hybridized carbons (Fsp3) is 0.571. The van der Waals surface area contributed by atoms with E-state index in [4.69, 9.17) is 5.73 Å². The number of nitrogens with two attached hydrogens (primary N) is 1. The standard InChI is InChI=1S/C14H22N2O2S/c1-12(13-6-3-2-4-7-13)10-19(17,18)16-11-14(15)8-5-9-14/h2-4,6-7,12,16H,5,8-11,15H2,1H3. The summed E-state index contributed by atoms with van der Waals surface area (Å²) in [5.74, 6) is 0.0846. The molecule has 1 atom stereocenters. The predicted molar refractivity (Wildman–Crippen MR) is 77.4 cm³/mol. The van der Waals surface area contributed by atoms with Crippen LogP contribution in [0.2, 0.25) is 0 Å². The first kappa shape index (κ1) is 14.5. The van der Waals surface area contributed by atoms with Gasteiger partial charge in [-0.3, -0.25) is 0 Å². The summed E-state index contributed by atoms with van der Waals surface area (Å²) in [5, 5.41) is 0. The highest BCUT2D eigenvalue weighted by Gasteiger charge is 2.33. The van der Waals surface area contributed by atoms with Gasteiger partial charge in [-0.25, -0.2) is 13.1 Å². The lowest BCUT2D eigenvalue weighted by molar-refractivity contribution is 0.251. The smallest absolute Gasteiger partial charge is 0.212 e. The summed E-state index contributed by atoms with van der Waals surface area (Å²) < 4.78 is 26.7. The Morgan fingerprint density at radius 3 is 2.47 bits per heavy atom. The number of rotatable bonds is 6. The van der Waals surface area contributed by atoms with Gasteiger partial charge in [-0.1, -0.05) is 37.3 Å². The van der Waals surface area contributed by atoms with Gasteiger partial charge in [-0.2, -0.15) is 0 Å². The van der Waals surface area contributed by atoms with Crippen LogP contribution in [0.25, 0.3) is 0 Å². The van der Waals surface area contributed by atoms with Crippen molar-refractivity contribution in [3.05, 3.63) is 35.9 Å². The molecule has 1 fully saturated rings. The minimum atomic E-state index is -3.27. The average Bonchev–Trinajstić information content (AvgIpc) is 2.35. The molecule has 106 valence electrons. The predicted octanol–water partition coefficient (Wildman–Crippen LogP) is 1.59. The molecule has 0 aromatic heterocycles. The molecule has 19 heavy (non-hydrogen) atoms. The van der Waals surface area contributed by atoms with Crippen LogP contribution in [0.4, 0.5) is 0 Å². The number of hydrogen-bond donors (Lipinski definition) is 2. The van der Waals surface area contributed by atoms with Crippen LogP contribution in [-0.2, 0) is 10.0 Å². The molecule has 0 radical (unpaired) electrons. The van der Waals surface area contributed by atoms with Crippen LogP contribution in [0.3, 0.4) is 0 Å². The Hall–Kier alpha value is -0.910. The Bertz CT molecular complexity index is 510. The quantitative estimate of drug-likeness (QED) is 0.832. The lowest BCUT2D eigenvalue weighted by atomic mass is 9.78. The lowest BCUT2D eigenvalue weighted by Crippen LogP contribution is -2.55. The number of sulfonamides is 1. The van der Waals surface area contributed by atoms with E-state index < -0.39 is 10.0 Å². The fourth-order valence-electron chi connectivity index (χ4n) is 2.33. The minimum Gasteiger partial charge on any atom is -0.324 e. The third-order valence-electron chi connectivity index (χ3n) is 3.83. The van der Waals surface area contributed by atoms with Crippen molar-refractivity contribution in [2.24, 2.45) is 5.73 Å². The summed E-state index contributed by atoms with van der Waals surface area (Å²) in [7, 11) is -3.27. The minimum absolute atomic E-state index is 0.0196. The Morgan fingerprint density at radius 1 is 1.32 bits per heavy atom. The highest BCUT2D eigenvalue weighted by atomic mass is 32.2. The normalized spacial score (nSPS) is 19.7. The first-order chi connectivity index (χ1) is 8.90. The summed E-state index contributed by atoms with van der Waals surface area (Å²) in [6.45, 7) is 2.28. The molecule has 0 bridgehead atoms. The maximum absolute atomic E-state index is 12.0. The molecule has 4 nitrogen and oxygen atoms in total. The molecule has 0 saturated heterocycles. The molecule has 0 spiro atoms. The van der Waals surface area contributed by atoms with Crippen LogP contribution in [0.5, 0.6) is 0 Å². The van der Waals surface area contributed by atoms with Crippen molar-refractivity contribution in [1.82, 2.24) is 4.72 Å². The first-order valence-corrected chi connectivity index (χ1v) is 8.37. The molecule has 5 heteroatoms. The van der Waals surface area contributed by atoms with E-state index in [1.165, 1.54) is 0 Å². The maximum Gasteiger partial charge on any atom is 0.212 e. The molecular weight excluding hydrogens is 260 g/mol. The van der Waals surface area contributed by atoms with Crippen molar-refractivity contribution in [1.29, 1.82) is 0 Å². The number of nitrogens with one attached hydrogen (secondary N) is 1. The van der Waals surface area contributed by atoms with Crippen molar-refractivity contribution < 1.29 is 8.42 Å². The molecular formula is C14H22N2O2S. The van der Waals surface area contributed by atoms with Crippen molar-refractivity contribution in [3.8, 4) is 0 Å². The van der Waals surface area contributed by atoms with Crippen LogP contribution >= 0.6 is 0 Å². The zero-order valence-corrected chi connectivity index (χ0v) is 12.1. The van der Waals surface area contributed by atoms with Crippen molar-refractivity contribution >= 4 is 10.0 Å². The molecule has 0 amide bonds. The van der Waals surface area contributed by atoms with Crippen molar-refractivity contribution in [2.75, 3.05) is 12.3 Å². The zero-order valence-electron chi connectivity index (χ0n) is 11.3. The fourth-order valence-corrected chi connectivity index (χ4v) is 3.80.